The molecule has 1 aliphatic rings. The van der Waals surface area contributed by atoms with Crippen LogP contribution in [-0.2, 0) is 13.6 Å². The Morgan fingerprint density at radius 3 is 2.50 bits per heavy atom. The molecule has 2 aromatic rings. The molecule has 1 aromatic carbocycles. The molecule has 0 spiro atoms. The quantitative estimate of drug-likeness (QED) is 0.790. The molecule has 2 heterocycles. The second kappa shape index (κ2) is 8.56. The summed E-state index contributed by atoms with van der Waals surface area (Å²) in [5, 5.41) is 2.92. The van der Waals surface area contributed by atoms with Crippen LogP contribution in [0.4, 0.5) is 0 Å². The third-order valence-corrected chi connectivity index (χ3v) is 5.96. The SMILES string of the molecule is CCC1(CNC(=O)c2c[nH]c(=O)n(C)c2=O)CCN(Cc2ccccc2)CC1. The summed E-state index contributed by atoms with van der Waals surface area (Å²) >= 11 is 0. The number of hydrogen-bond acceptors (Lipinski definition) is 4. The molecule has 0 atom stereocenters. The molecule has 7 nitrogen and oxygen atoms in total. The third kappa shape index (κ3) is 4.42. The fourth-order valence-electron chi connectivity index (χ4n) is 3.77. The second-order valence-corrected chi connectivity index (χ2v) is 7.67. The van der Waals surface area contributed by atoms with Crippen molar-refractivity contribution in [2.24, 2.45) is 12.5 Å². The molecule has 7 heteroatoms. The van der Waals surface area contributed by atoms with Crippen LogP contribution in [0.25, 0.3) is 0 Å². The number of nitrogens with zero attached hydrogens (tertiary/aromatic N) is 2. The molecule has 0 bridgehead atoms. The number of carbonyl (C=O) groups is 1. The number of amides is 1. The van der Waals surface area contributed by atoms with E-state index in [9.17, 15) is 14.4 Å². The number of benzene rings is 1. The van der Waals surface area contributed by atoms with Crippen LogP contribution in [0.3, 0.4) is 0 Å². The van der Waals surface area contributed by atoms with Crippen molar-refractivity contribution in [1.82, 2.24) is 19.8 Å². The number of carbonyl (C=O) groups excluding carboxylic acids is 1. The first kappa shape index (κ1) is 20.1. The minimum atomic E-state index is -0.579. The number of rotatable bonds is 6. The van der Waals surface area contributed by atoms with E-state index >= 15 is 0 Å². The van der Waals surface area contributed by atoms with Gasteiger partial charge in [-0.05, 0) is 43.3 Å². The van der Waals surface area contributed by atoms with Crippen LogP contribution in [0.1, 0.15) is 42.1 Å². The third-order valence-electron chi connectivity index (χ3n) is 5.96. The van der Waals surface area contributed by atoms with Crippen molar-refractivity contribution in [1.29, 1.82) is 0 Å². The minimum absolute atomic E-state index is 0.0325. The lowest BCUT2D eigenvalue weighted by molar-refractivity contribution is 0.0788. The topological polar surface area (TPSA) is 87.2 Å². The molecule has 1 aliphatic heterocycles. The summed E-state index contributed by atoms with van der Waals surface area (Å²) in [5.74, 6) is -0.434. The molecular weight excluding hydrogens is 356 g/mol. The number of piperidine rings is 1. The smallest absolute Gasteiger partial charge is 0.328 e. The zero-order valence-corrected chi connectivity index (χ0v) is 16.5. The van der Waals surface area contributed by atoms with E-state index in [4.69, 9.17) is 0 Å². The highest BCUT2D eigenvalue weighted by atomic mass is 16.2. The van der Waals surface area contributed by atoms with Gasteiger partial charge in [-0.15, -0.1) is 0 Å². The van der Waals surface area contributed by atoms with Crippen molar-refractivity contribution in [2.75, 3.05) is 19.6 Å². The number of hydrogen-bond donors (Lipinski definition) is 2. The van der Waals surface area contributed by atoms with Gasteiger partial charge in [-0.1, -0.05) is 37.3 Å². The van der Waals surface area contributed by atoms with Gasteiger partial charge in [0.15, 0.2) is 0 Å². The predicted octanol–water partition coefficient (Wildman–Crippen LogP) is 1.50. The first-order valence-electron chi connectivity index (χ1n) is 9.77. The first-order chi connectivity index (χ1) is 13.4. The van der Waals surface area contributed by atoms with E-state index in [0.29, 0.717) is 6.54 Å². The van der Waals surface area contributed by atoms with Gasteiger partial charge in [0, 0.05) is 26.3 Å². The summed E-state index contributed by atoms with van der Waals surface area (Å²) in [6.07, 6.45) is 4.16. The van der Waals surface area contributed by atoms with Gasteiger partial charge in [-0.2, -0.15) is 0 Å². The van der Waals surface area contributed by atoms with Crippen molar-refractivity contribution >= 4 is 5.91 Å². The molecule has 0 saturated carbocycles. The van der Waals surface area contributed by atoms with Crippen LogP contribution in [-0.4, -0.2) is 40.0 Å². The van der Waals surface area contributed by atoms with Gasteiger partial charge in [0.2, 0.25) is 0 Å². The van der Waals surface area contributed by atoms with Crippen LogP contribution in [0.2, 0.25) is 0 Å². The normalized spacial score (nSPS) is 16.6. The van der Waals surface area contributed by atoms with Crippen LogP contribution < -0.4 is 16.6 Å². The molecule has 2 N–H and O–H groups in total. The van der Waals surface area contributed by atoms with Gasteiger partial charge in [0.25, 0.3) is 11.5 Å². The predicted molar refractivity (Wildman–Crippen MR) is 108 cm³/mol. The largest absolute Gasteiger partial charge is 0.351 e. The van der Waals surface area contributed by atoms with E-state index in [-0.39, 0.29) is 11.0 Å². The van der Waals surface area contributed by atoms with Gasteiger partial charge < -0.3 is 10.3 Å². The monoisotopic (exact) mass is 384 g/mol. The van der Waals surface area contributed by atoms with Crippen molar-refractivity contribution in [3.8, 4) is 0 Å². The number of likely N-dealkylation sites (tertiary alicyclic amines) is 1. The Bertz CT molecular complexity index is 925. The second-order valence-electron chi connectivity index (χ2n) is 7.67. The van der Waals surface area contributed by atoms with E-state index in [2.05, 4.69) is 46.4 Å². The Labute approximate surface area is 164 Å². The number of aromatic nitrogens is 2. The highest BCUT2D eigenvalue weighted by Crippen LogP contribution is 2.34. The first-order valence-corrected chi connectivity index (χ1v) is 9.77. The van der Waals surface area contributed by atoms with Crippen LogP contribution in [0, 0.1) is 5.41 Å². The van der Waals surface area contributed by atoms with Crippen LogP contribution >= 0.6 is 0 Å². The molecule has 0 unspecified atom stereocenters. The highest BCUT2D eigenvalue weighted by molar-refractivity contribution is 5.93. The Balaban J connectivity index is 1.59. The molecule has 3 rings (SSSR count). The fourth-order valence-corrected chi connectivity index (χ4v) is 3.77. The molecule has 0 radical (unpaired) electrons. The van der Waals surface area contributed by atoms with Gasteiger partial charge in [0.05, 0.1) is 0 Å². The van der Waals surface area contributed by atoms with Crippen molar-refractivity contribution in [3.63, 3.8) is 0 Å². The number of nitrogens with one attached hydrogen (secondary N) is 2. The van der Waals surface area contributed by atoms with Gasteiger partial charge in [-0.3, -0.25) is 19.1 Å². The van der Waals surface area contributed by atoms with Crippen molar-refractivity contribution in [3.05, 3.63) is 68.5 Å². The van der Waals surface area contributed by atoms with E-state index in [0.717, 1.165) is 43.5 Å². The zero-order valence-electron chi connectivity index (χ0n) is 16.5. The van der Waals surface area contributed by atoms with E-state index in [1.165, 1.54) is 18.8 Å². The number of aromatic amines is 1. The molecule has 150 valence electrons. The summed E-state index contributed by atoms with van der Waals surface area (Å²) in [6, 6.07) is 10.4. The average molecular weight is 384 g/mol. The Morgan fingerprint density at radius 2 is 1.86 bits per heavy atom. The van der Waals surface area contributed by atoms with Gasteiger partial charge >= 0.3 is 5.69 Å². The lowest BCUT2D eigenvalue weighted by atomic mass is 9.76. The lowest BCUT2D eigenvalue weighted by Crippen LogP contribution is -2.47. The maximum Gasteiger partial charge on any atom is 0.328 e. The minimum Gasteiger partial charge on any atom is -0.351 e. The highest BCUT2D eigenvalue weighted by Gasteiger charge is 2.33. The van der Waals surface area contributed by atoms with Gasteiger partial charge in [0.1, 0.15) is 5.56 Å². The van der Waals surface area contributed by atoms with E-state index in [1.54, 1.807) is 0 Å². The molecule has 0 aliphatic carbocycles. The summed E-state index contributed by atoms with van der Waals surface area (Å²) in [6.45, 7) is 5.60. The Kier molecular flexibility index (Phi) is 6.14. The fraction of sp³-hybridized carbons (Fsp3) is 0.476. The van der Waals surface area contributed by atoms with Crippen LogP contribution in [0.5, 0.6) is 0 Å². The Morgan fingerprint density at radius 1 is 1.18 bits per heavy atom. The maximum absolute atomic E-state index is 12.5. The Hall–Kier alpha value is -2.67. The van der Waals surface area contributed by atoms with E-state index < -0.39 is 17.2 Å². The number of H-pyrrole nitrogens is 1. The maximum atomic E-state index is 12.5. The van der Waals surface area contributed by atoms with E-state index in [1.807, 2.05) is 6.07 Å². The molecular formula is C21H28N4O3. The standard InChI is InChI=1S/C21H28N4O3/c1-3-21(9-11-25(12-10-21)14-16-7-5-4-6-8-16)15-23-18(26)17-13-22-20(28)24(2)19(17)27/h4-8,13H,3,9-12,14-15H2,1-2H3,(H,22,28)(H,23,26). The molecule has 28 heavy (non-hydrogen) atoms. The lowest BCUT2D eigenvalue weighted by Gasteiger charge is -2.41. The van der Waals surface area contributed by atoms with Crippen molar-refractivity contribution < 1.29 is 4.79 Å². The zero-order chi connectivity index (χ0) is 20.1. The molecule has 1 amide bonds. The van der Waals surface area contributed by atoms with Crippen molar-refractivity contribution in [2.45, 2.75) is 32.7 Å². The summed E-state index contributed by atoms with van der Waals surface area (Å²) in [7, 11) is 1.36. The summed E-state index contributed by atoms with van der Waals surface area (Å²) in [5.41, 5.74) is 0.210. The van der Waals surface area contributed by atoms with Gasteiger partial charge in [-0.25, -0.2) is 4.79 Å². The molecule has 1 fully saturated rings. The van der Waals surface area contributed by atoms with Crippen LogP contribution in [0.15, 0.2) is 46.1 Å². The average Bonchev–Trinajstić information content (AvgIpc) is 2.72. The molecule has 1 aromatic heterocycles. The molecule has 1 saturated heterocycles. The summed E-state index contributed by atoms with van der Waals surface area (Å²) < 4.78 is 0.909. The summed E-state index contributed by atoms with van der Waals surface area (Å²) in [4.78, 5) is 40.9.